The van der Waals surface area contributed by atoms with Crippen molar-refractivity contribution in [2.45, 2.75) is 264 Å². The maximum absolute atomic E-state index is 12.9. The van der Waals surface area contributed by atoms with Crippen LogP contribution in [0.3, 0.4) is 0 Å². The van der Waals surface area contributed by atoms with Gasteiger partial charge in [0.05, 0.1) is 19.8 Å². The lowest BCUT2D eigenvalue weighted by Crippen LogP contribution is -2.30. The van der Waals surface area contributed by atoms with Crippen molar-refractivity contribution < 1.29 is 52.2 Å². The van der Waals surface area contributed by atoms with Crippen molar-refractivity contribution in [3.8, 4) is 0 Å². The van der Waals surface area contributed by atoms with Crippen LogP contribution in [0.5, 0.6) is 0 Å². The highest BCUT2D eigenvalue weighted by atomic mass is 31.2. The molecule has 0 aliphatic heterocycles. The van der Waals surface area contributed by atoms with E-state index in [2.05, 4.69) is 106 Å². The summed E-state index contributed by atoms with van der Waals surface area (Å²) in [5.74, 6) is -1.51. The smallest absolute Gasteiger partial charge is 0.462 e. The molecule has 0 aliphatic carbocycles. The van der Waals surface area contributed by atoms with E-state index >= 15 is 0 Å². The predicted octanol–water partition coefficient (Wildman–Crippen LogP) is 17.5. The highest BCUT2D eigenvalue weighted by Gasteiger charge is 2.28. The third-order valence-corrected chi connectivity index (χ3v) is 13.2. The molecule has 11 nitrogen and oxygen atoms in total. The van der Waals surface area contributed by atoms with Gasteiger partial charge in [-0.1, -0.05) is 202 Å². The van der Waals surface area contributed by atoms with Crippen LogP contribution >= 0.6 is 7.82 Å². The van der Waals surface area contributed by atoms with Crippen molar-refractivity contribution >= 4 is 25.7 Å². The van der Waals surface area contributed by atoms with Crippen LogP contribution in [0, 0.1) is 0 Å². The van der Waals surface area contributed by atoms with Gasteiger partial charge in [0.2, 0.25) is 0 Å². The first-order valence-electron chi connectivity index (χ1n) is 29.5. The van der Waals surface area contributed by atoms with Crippen LogP contribution in [0.25, 0.3) is 0 Å². The summed E-state index contributed by atoms with van der Waals surface area (Å²) in [6.07, 6.45) is 63.9. The van der Waals surface area contributed by atoms with Crippen molar-refractivity contribution in [1.82, 2.24) is 0 Å². The molecule has 0 aromatic heterocycles. The van der Waals surface area contributed by atoms with Crippen molar-refractivity contribution in [1.29, 1.82) is 0 Å². The standard InChI is InChI=1S/C62H107O11P/c1-4-7-10-13-16-19-22-25-27-29-31-34-37-40-43-46-49-52-61(65)72-58(54-63)56-70-74(67,68)71-57-59(55-69-60(64)51-48-45-42-39-36-33-24-21-18-15-12-9-6-3)73-62(66)53-50-47-44-41-38-35-32-30-28-26-23-20-17-14-11-8-5-2/h8,11,16-17,19-21,24-28,32,35,58-59,63H,4-7,9-10,12-15,18,22-23,29-31,33-34,36-57H2,1-3H3,(H,67,68)/b11-8-,19-16-,20-17-,24-21-,27-25-,28-26-,35-32-. The number of ether oxygens (including phenoxy) is 3. The number of phosphoric ester groups is 1. The zero-order chi connectivity index (χ0) is 54.1. The minimum atomic E-state index is -4.76. The molecule has 0 amide bonds. The van der Waals surface area contributed by atoms with Crippen LogP contribution in [0.1, 0.15) is 252 Å². The number of carbonyl (C=O) groups is 3. The molecule has 0 fully saturated rings. The average molecular weight is 1060 g/mol. The lowest BCUT2D eigenvalue weighted by atomic mass is 10.1. The summed E-state index contributed by atoms with van der Waals surface area (Å²) >= 11 is 0. The second-order valence-electron chi connectivity index (χ2n) is 19.4. The van der Waals surface area contributed by atoms with E-state index in [-0.39, 0.29) is 25.9 Å². The molecule has 0 spiro atoms. The lowest BCUT2D eigenvalue weighted by Gasteiger charge is -2.21. The van der Waals surface area contributed by atoms with E-state index in [1.165, 1.54) is 64.2 Å². The van der Waals surface area contributed by atoms with Gasteiger partial charge in [0.25, 0.3) is 0 Å². The third-order valence-electron chi connectivity index (χ3n) is 12.3. The molecule has 2 N–H and O–H groups in total. The molecule has 3 atom stereocenters. The normalized spacial score (nSPS) is 14.0. The molecule has 3 unspecified atom stereocenters. The molecule has 0 aromatic carbocycles. The first kappa shape index (κ1) is 70.7. The number of allylic oxidation sites excluding steroid dienone is 14. The Hall–Kier alpha value is -3.34. The maximum atomic E-state index is 12.9. The Morgan fingerprint density at radius 1 is 0.392 bits per heavy atom. The molecule has 12 heteroatoms. The first-order valence-corrected chi connectivity index (χ1v) is 31.0. The summed E-state index contributed by atoms with van der Waals surface area (Å²) in [4.78, 5) is 48.6. The van der Waals surface area contributed by atoms with Crippen molar-refractivity contribution in [2.75, 3.05) is 26.4 Å². The minimum absolute atomic E-state index is 0.135. The monoisotopic (exact) mass is 1060 g/mol. The van der Waals surface area contributed by atoms with Crippen LogP contribution < -0.4 is 0 Å². The van der Waals surface area contributed by atoms with E-state index in [1.54, 1.807) is 0 Å². The largest absolute Gasteiger partial charge is 0.472 e. The molecule has 426 valence electrons. The summed E-state index contributed by atoms with van der Waals surface area (Å²) in [6.45, 7) is 4.45. The van der Waals surface area contributed by atoms with E-state index in [9.17, 15) is 28.9 Å². The number of unbranched alkanes of at least 4 members (excludes halogenated alkanes) is 23. The number of carbonyl (C=O) groups excluding carboxylic acids is 3. The number of hydrogen-bond acceptors (Lipinski definition) is 10. The Bertz CT molecular complexity index is 1560. The number of aliphatic hydroxyl groups is 1. The minimum Gasteiger partial charge on any atom is -0.462 e. The Morgan fingerprint density at radius 3 is 1.12 bits per heavy atom. The third kappa shape index (κ3) is 53.5. The van der Waals surface area contributed by atoms with Gasteiger partial charge in [-0.25, -0.2) is 4.57 Å². The topological polar surface area (TPSA) is 155 Å². The number of hydrogen-bond donors (Lipinski definition) is 2. The molecule has 0 aromatic rings. The fourth-order valence-electron chi connectivity index (χ4n) is 7.78. The van der Waals surface area contributed by atoms with Gasteiger partial charge >= 0.3 is 25.7 Å². The Balaban J connectivity index is 4.75. The summed E-state index contributed by atoms with van der Waals surface area (Å²) < 4.78 is 39.5. The number of esters is 3. The number of phosphoric acid groups is 1. The van der Waals surface area contributed by atoms with E-state index in [4.69, 9.17) is 23.3 Å². The summed E-state index contributed by atoms with van der Waals surface area (Å²) in [5.41, 5.74) is 0. The SMILES string of the molecule is CC/C=C\C/C=C\C/C=C\C/C=C\CCCCCCC(=O)OC(COC(=O)CCCCCCC/C=C\CCCCCC)COP(=O)(O)OCC(CO)OC(=O)CCCCCCCCC/C=C\C/C=C\CCCCC. The molecule has 0 aliphatic rings. The van der Waals surface area contributed by atoms with Crippen LogP contribution in [-0.2, 0) is 42.2 Å². The van der Waals surface area contributed by atoms with Gasteiger partial charge < -0.3 is 24.2 Å². The molecule has 74 heavy (non-hydrogen) atoms. The van der Waals surface area contributed by atoms with Crippen LogP contribution in [0.2, 0.25) is 0 Å². The molecule has 0 bridgehead atoms. The average Bonchev–Trinajstić information content (AvgIpc) is 3.39. The van der Waals surface area contributed by atoms with Gasteiger partial charge in [0.1, 0.15) is 12.7 Å². The second-order valence-corrected chi connectivity index (χ2v) is 20.9. The number of aliphatic hydroxyl groups excluding tert-OH is 1. The zero-order valence-corrected chi connectivity index (χ0v) is 47.9. The van der Waals surface area contributed by atoms with E-state index in [0.717, 1.165) is 128 Å². The van der Waals surface area contributed by atoms with Gasteiger partial charge in [-0.05, 0) is 116 Å². The van der Waals surface area contributed by atoms with E-state index < -0.39 is 57.8 Å². The molecular weight excluding hydrogens is 952 g/mol. The quantitative estimate of drug-likeness (QED) is 0.0197. The molecule has 0 saturated carbocycles. The van der Waals surface area contributed by atoms with Gasteiger partial charge in [0.15, 0.2) is 6.10 Å². The van der Waals surface area contributed by atoms with Crippen LogP contribution in [0.15, 0.2) is 85.1 Å². The Morgan fingerprint density at radius 2 is 0.703 bits per heavy atom. The van der Waals surface area contributed by atoms with Crippen molar-refractivity contribution in [3.05, 3.63) is 85.1 Å². The second kappa shape index (κ2) is 55.9. The summed E-state index contributed by atoms with van der Waals surface area (Å²) in [7, 11) is -4.76. The molecule has 0 rings (SSSR count). The Labute approximate surface area is 451 Å². The van der Waals surface area contributed by atoms with Gasteiger partial charge in [-0.3, -0.25) is 23.4 Å². The van der Waals surface area contributed by atoms with E-state index in [1.807, 2.05) is 0 Å². The van der Waals surface area contributed by atoms with Crippen molar-refractivity contribution in [2.24, 2.45) is 0 Å². The maximum Gasteiger partial charge on any atom is 0.472 e. The van der Waals surface area contributed by atoms with Crippen LogP contribution in [-0.4, -0.2) is 66.5 Å². The molecule has 0 radical (unpaired) electrons. The van der Waals surface area contributed by atoms with Gasteiger partial charge in [-0.15, -0.1) is 0 Å². The summed E-state index contributed by atoms with van der Waals surface area (Å²) in [6, 6.07) is 0. The Kier molecular flexibility index (Phi) is 53.4. The van der Waals surface area contributed by atoms with Crippen LogP contribution in [0.4, 0.5) is 0 Å². The number of rotatable bonds is 54. The fraction of sp³-hybridized carbons (Fsp3) is 0.726. The van der Waals surface area contributed by atoms with E-state index in [0.29, 0.717) is 19.3 Å². The molecule has 0 heterocycles. The molecular formula is C62H107O11P. The highest BCUT2D eigenvalue weighted by molar-refractivity contribution is 7.47. The van der Waals surface area contributed by atoms with Gasteiger partial charge in [0, 0.05) is 19.3 Å². The zero-order valence-electron chi connectivity index (χ0n) is 47.0. The summed E-state index contributed by atoms with van der Waals surface area (Å²) in [5, 5.41) is 9.83. The fourth-order valence-corrected chi connectivity index (χ4v) is 8.57. The predicted molar refractivity (Wildman–Crippen MR) is 307 cm³/mol. The first-order chi connectivity index (χ1) is 36.2. The molecule has 0 saturated heterocycles. The van der Waals surface area contributed by atoms with Gasteiger partial charge in [-0.2, -0.15) is 0 Å². The lowest BCUT2D eigenvalue weighted by molar-refractivity contribution is -0.161. The van der Waals surface area contributed by atoms with Crippen molar-refractivity contribution in [3.63, 3.8) is 0 Å². The highest BCUT2D eigenvalue weighted by Crippen LogP contribution is 2.43.